The van der Waals surface area contributed by atoms with Gasteiger partial charge >= 0.3 is 0 Å². The van der Waals surface area contributed by atoms with Gasteiger partial charge in [0.05, 0.1) is 5.69 Å². The highest BCUT2D eigenvalue weighted by molar-refractivity contribution is 6.28. The van der Waals surface area contributed by atoms with Crippen molar-refractivity contribution in [2.75, 3.05) is 4.90 Å². The Morgan fingerprint density at radius 2 is 1.26 bits per heavy atom. The van der Waals surface area contributed by atoms with Crippen LogP contribution in [0.25, 0.3) is 0 Å². The lowest BCUT2D eigenvalue weighted by Crippen LogP contribution is -2.32. The van der Waals surface area contributed by atoms with Crippen molar-refractivity contribution in [1.82, 2.24) is 0 Å². The quantitative estimate of drug-likeness (QED) is 0.779. The van der Waals surface area contributed by atoms with E-state index in [4.69, 9.17) is 0 Å². The molecule has 1 heterocycles. The number of carbonyl (C=O) groups excluding carboxylic acids is 2. The van der Waals surface area contributed by atoms with E-state index in [1.165, 1.54) is 17.1 Å². The van der Waals surface area contributed by atoms with Crippen molar-refractivity contribution in [2.45, 2.75) is 39.5 Å². The Morgan fingerprint density at radius 1 is 0.842 bits per heavy atom. The SMILES string of the molecule is CC(C)c1cccc(C(C)C)c1N1C(=O)C=CC1=O. The zero-order chi connectivity index (χ0) is 14.2. The lowest BCUT2D eigenvalue weighted by atomic mass is 9.92. The van der Waals surface area contributed by atoms with E-state index in [1.54, 1.807) is 0 Å². The first-order valence-electron chi connectivity index (χ1n) is 6.62. The van der Waals surface area contributed by atoms with Gasteiger partial charge in [-0.2, -0.15) is 0 Å². The number of hydrogen-bond acceptors (Lipinski definition) is 2. The van der Waals surface area contributed by atoms with Crippen LogP contribution >= 0.6 is 0 Å². The van der Waals surface area contributed by atoms with E-state index in [0.29, 0.717) is 0 Å². The molecule has 0 spiro atoms. The maximum absolute atomic E-state index is 12.0. The van der Waals surface area contributed by atoms with Crippen molar-refractivity contribution >= 4 is 17.5 Å². The average molecular weight is 257 g/mol. The zero-order valence-corrected chi connectivity index (χ0v) is 11.8. The molecule has 1 aromatic carbocycles. The van der Waals surface area contributed by atoms with Gasteiger partial charge in [-0.3, -0.25) is 9.59 Å². The summed E-state index contributed by atoms with van der Waals surface area (Å²) < 4.78 is 0. The molecule has 1 aliphatic heterocycles. The van der Waals surface area contributed by atoms with Gasteiger partial charge in [-0.25, -0.2) is 4.90 Å². The maximum Gasteiger partial charge on any atom is 0.258 e. The van der Waals surface area contributed by atoms with Crippen molar-refractivity contribution in [2.24, 2.45) is 0 Å². The number of para-hydroxylation sites is 1. The van der Waals surface area contributed by atoms with Crippen LogP contribution in [0.5, 0.6) is 0 Å². The number of hydrogen-bond donors (Lipinski definition) is 0. The van der Waals surface area contributed by atoms with Crippen LogP contribution in [0.15, 0.2) is 30.4 Å². The van der Waals surface area contributed by atoms with Crippen LogP contribution in [0.3, 0.4) is 0 Å². The molecular formula is C16H19NO2. The Hall–Kier alpha value is -1.90. The summed E-state index contributed by atoms with van der Waals surface area (Å²) in [5.74, 6) is 0.0183. The van der Waals surface area contributed by atoms with Crippen molar-refractivity contribution in [1.29, 1.82) is 0 Å². The number of amides is 2. The van der Waals surface area contributed by atoms with E-state index >= 15 is 0 Å². The molecule has 2 rings (SSSR count). The minimum Gasteiger partial charge on any atom is -0.269 e. The Kier molecular flexibility index (Phi) is 3.56. The van der Waals surface area contributed by atoms with E-state index in [2.05, 4.69) is 27.7 Å². The van der Waals surface area contributed by atoms with Gasteiger partial charge in [-0.15, -0.1) is 0 Å². The molecule has 0 atom stereocenters. The van der Waals surface area contributed by atoms with Crippen LogP contribution in [0.1, 0.15) is 50.7 Å². The molecule has 100 valence electrons. The molecule has 0 unspecified atom stereocenters. The summed E-state index contributed by atoms with van der Waals surface area (Å²) in [6.07, 6.45) is 2.67. The molecule has 2 amide bonds. The summed E-state index contributed by atoms with van der Waals surface area (Å²) in [6.45, 7) is 8.28. The third kappa shape index (κ3) is 2.33. The van der Waals surface area contributed by atoms with Gasteiger partial charge in [0.15, 0.2) is 0 Å². The molecule has 0 bridgehead atoms. The maximum atomic E-state index is 12.0. The van der Waals surface area contributed by atoms with Crippen LogP contribution in [0.4, 0.5) is 5.69 Å². The summed E-state index contributed by atoms with van der Waals surface area (Å²) in [6, 6.07) is 5.97. The number of rotatable bonds is 3. The zero-order valence-electron chi connectivity index (χ0n) is 11.8. The van der Waals surface area contributed by atoms with Crippen LogP contribution in [-0.4, -0.2) is 11.8 Å². The molecule has 3 heteroatoms. The molecule has 0 saturated carbocycles. The summed E-state index contributed by atoms with van der Waals surface area (Å²) in [7, 11) is 0. The van der Waals surface area contributed by atoms with E-state index in [9.17, 15) is 9.59 Å². The molecule has 19 heavy (non-hydrogen) atoms. The normalized spacial score (nSPS) is 15.2. The first-order chi connectivity index (χ1) is 8.93. The third-order valence-electron chi connectivity index (χ3n) is 3.38. The second-order valence-corrected chi connectivity index (χ2v) is 5.44. The number of benzene rings is 1. The van der Waals surface area contributed by atoms with Gasteiger partial charge in [0.25, 0.3) is 11.8 Å². The summed E-state index contributed by atoms with van der Waals surface area (Å²) in [5, 5.41) is 0. The molecule has 0 aromatic heterocycles. The Balaban J connectivity index is 2.65. The first-order valence-corrected chi connectivity index (χ1v) is 6.62. The van der Waals surface area contributed by atoms with Gasteiger partial charge < -0.3 is 0 Å². The van der Waals surface area contributed by atoms with E-state index in [1.807, 2.05) is 18.2 Å². The standard InChI is InChI=1S/C16H19NO2/c1-10(2)12-6-5-7-13(11(3)4)16(12)17-14(18)8-9-15(17)19/h5-11H,1-4H3. The van der Waals surface area contributed by atoms with Gasteiger partial charge in [-0.1, -0.05) is 45.9 Å². The average Bonchev–Trinajstić information content (AvgIpc) is 2.67. The summed E-state index contributed by atoms with van der Waals surface area (Å²) in [4.78, 5) is 25.2. The molecule has 1 aromatic rings. The topological polar surface area (TPSA) is 37.4 Å². The van der Waals surface area contributed by atoms with Crippen molar-refractivity contribution in [3.05, 3.63) is 41.5 Å². The molecule has 1 aliphatic rings. The van der Waals surface area contributed by atoms with E-state index in [0.717, 1.165) is 16.8 Å². The second kappa shape index (κ2) is 5.00. The molecule has 0 fully saturated rings. The molecule has 0 N–H and O–H groups in total. The van der Waals surface area contributed by atoms with E-state index < -0.39 is 0 Å². The Bertz CT molecular complexity index is 512. The number of nitrogens with zero attached hydrogens (tertiary/aromatic N) is 1. The van der Waals surface area contributed by atoms with Crippen LogP contribution in [0.2, 0.25) is 0 Å². The summed E-state index contributed by atoms with van der Waals surface area (Å²) in [5.41, 5.74) is 2.85. The first kappa shape index (κ1) is 13.5. The fourth-order valence-corrected chi connectivity index (χ4v) is 2.39. The van der Waals surface area contributed by atoms with E-state index in [-0.39, 0.29) is 23.7 Å². The van der Waals surface area contributed by atoms with Crippen molar-refractivity contribution < 1.29 is 9.59 Å². The number of carbonyl (C=O) groups is 2. The largest absolute Gasteiger partial charge is 0.269 e. The van der Waals surface area contributed by atoms with Gasteiger partial charge in [0, 0.05) is 12.2 Å². The fraction of sp³-hybridized carbons (Fsp3) is 0.375. The number of anilines is 1. The second-order valence-electron chi connectivity index (χ2n) is 5.44. The van der Waals surface area contributed by atoms with Gasteiger partial charge in [0.1, 0.15) is 0 Å². The van der Waals surface area contributed by atoms with Crippen LogP contribution in [-0.2, 0) is 9.59 Å². The highest BCUT2D eigenvalue weighted by Crippen LogP contribution is 2.36. The predicted octanol–water partition coefficient (Wildman–Crippen LogP) is 3.36. The van der Waals surface area contributed by atoms with Gasteiger partial charge in [0.2, 0.25) is 0 Å². The monoisotopic (exact) mass is 257 g/mol. The lowest BCUT2D eigenvalue weighted by molar-refractivity contribution is -0.120. The van der Waals surface area contributed by atoms with Crippen molar-refractivity contribution in [3.8, 4) is 0 Å². The minimum atomic E-state index is -0.250. The third-order valence-corrected chi connectivity index (χ3v) is 3.38. The lowest BCUT2D eigenvalue weighted by Gasteiger charge is -2.25. The Labute approximate surface area is 113 Å². The fourth-order valence-electron chi connectivity index (χ4n) is 2.39. The minimum absolute atomic E-state index is 0.250. The van der Waals surface area contributed by atoms with Crippen LogP contribution in [0, 0.1) is 0 Å². The Morgan fingerprint density at radius 3 is 1.63 bits per heavy atom. The molecule has 0 saturated heterocycles. The number of imide groups is 1. The highest BCUT2D eigenvalue weighted by atomic mass is 16.2. The molecule has 0 radical (unpaired) electrons. The smallest absolute Gasteiger partial charge is 0.258 e. The highest BCUT2D eigenvalue weighted by Gasteiger charge is 2.30. The van der Waals surface area contributed by atoms with Crippen molar-refractivity contribution in [3.63, 3.8) is 0 Å². The van der Waals surface area contributed by atoms with Crippen LogP contribution < -0.4 is 4.90 Å². The predicted molar refractivity (Wildman–Crippen MR) is 76.3 cm³/mol. The van der Waals surface area contributed by atoms with Gasteiger partial charge in [-0.05, 0) is 23.0 Å². The molecular weight excluding hydrogens is 238 g/mol. The molecule has 0 aliphatic carbocycles. The summed E-state index contributed by atoms with van der Waals surface area (Å²) >= 11 is 0. The molecule has 3 nitrogen and oxygen atoms in total.